The Balaban J connectivity index is 2.26. The van der Waals surface area contributed by atoms with Crippen LogP contribution in [0.4, 0.5) is 11.4 Å². The first kappa shape index (κ1) is 17.6. The molecule has 1 atom stereocenters. The van der Waals surface area contributed by atoms with Crippen LogP contribution in [0.2, 0.25) is 0 Å². The molecule has 1 aliphatic heterocycles. The maximum absolute atomic E-state index is 11.5. The summed E-state index contributed by atoms with van der Waals surface area (Å²) >= 11 is 0. The van der Waals surface area contributed by atoms with E-state index in [1.165, 1.54) is 16.4 Å². The minimum Gasteiger partial charge on any atom is -0.375 e. The normalized spacial score (nSPS) is 19.7. The fraction of sp³-hybridized carbons (Fsp3) is 0.500. The van der Waals surface area contributed by atoms with Crippen LogP contribution in [0, 0.1) is 10.1 Å². The number of benzene rings is 1. The van der Waals surface area contributed by atoms with Crippen molar-refractivity contribution in [2.75, 3.05) is 30.9 Å². The van der Waals surface area contributed by atoms with Crippen LogP contribution in [0.25, 0.3) is 0 Å². The second-order valence-electron chi connectivity index (χ2n) is 5.46. The summed E-state index contributed by atoms with van der Waals surface area (Å²) in [5, 5.41) is 14.1. The highest BCUT2D eigenvalue weighted by Gasteiger charge is 2.30. The van der Waals surface area contributed by atoms with Crippen LogP contribution in [-0.2, 0) is 19.9 Å². The topological polar surface area (TPSA) is 127 Å². The van der Waals surface area contributed by atoms with Gasteiger partial charge in [0.1, 0.15) is 5.69 Å². The molecule has 9 nitrogen and oxygen atoms in total. The molecule has 11 heteroatoms. The maximum Gasteiger partial charge on any atom is 0.293 e. The molecule has 0 aliphatic carbocycles. The van der Waals surface area contributed by atoms with E-state index in [0.29, 0.717) is 13.0 Å². The third-order valence-electron chi connectivity index (χ3n) is 3.57. The van der Waals surface area contributed by atoms with Crippen molar-refractivity contribution < 1.29 is 21.8 Å². The van der Waals surface area contributed by atoms with E-state index >= 15 is 0 Å². The van der Waals surface area contributed by atoms with Crippen LogP contribution in [-0.4, -0.2) is 57.7 Å². The predicted molar refractivity (Wildman–Crippen MR) is 84.7 cm³/mol. The lowest BCUT2D eigenvalue weighted by atomic mass is 10.2. The zero-order chi connectivity index (χ0) is 17.4. The van der Waals surface area contributed by atoms with Gasteiger partial charge in [-0.25, -0.2) is 21.1 Å². The highest BCUT2D eigenvalue weighted by atomic mass is 32.2. The lowest BCUT2D eigenvalue weighted by Crippen LogP contribution is -2.30. The summed E-state index contributed by atoms with van der Waals surface area (Å²) in [6.07, 6.45) is 2.59. The largest absolute Gasteiger partial charge is 0.375 e. The molecule has 1 aromatic carbocycles. The van der Waals surface area contributed by atoms with E-state index in [9.17, 15) is 26.9 Å². The minimum atomic E-state index is -3.55. The molecule has 23 heavy (non-hydrogen) atoms. The van der Waals surface area contributed by atoms with Crippen LogP contribution < -0.4 is 5.32 Å². The highest BCUT2D eigenvalue weighted by molar-refractivity contribution is 7.90. The van der Waals surface area contributed by atoms with E-state index < -0.39 is 24.8 Å². The van der Waals surface area contributed by atoms with Gasteiger partial charge < -0.3 is 5.32 Å². The van der Waals surface area contributed by atoms with Crippen molar-refractivity contribution in [2.24, 2.45) is 0 Å². The number of nitrogens with zero attached hydrogens (tertiary/aromatic N) is 2. The monoisotopic (exact) mass is 363 g/mol. The summed E-state index contributed by atoms with van der Waals surface area (Å²) < 4.78 is 47.3. The third-order valence-corrected chi connectivity index (χ3v) is 5.95. The Hall–Kier alpha value is -1.72. The Morgan fingerprint density at radius 2 is 1.91 bits per heavy atom. The molecule has 0 unspecified atom stereocenters. The SMILES string of the molecule is CS(=O)(=O)c1ccc(N[C@H]2CCN(S(C)(=O)=O)C2)c([N+](=O)[O-])c1. The van der Waals surface area contributed by atoms with Gasteiger partial charge in [0.2, 0.25) is 10.0 Å². The van der Waals surface area contributed by atoms with Gasteiger partial charge in [-0.15, -0.1) is 0 Å². The molecule has 0 amide bonds. The van der Waals surface area contributed by atoms with Crippen LogP contribution in [0.15, 0.2) is 23.1 Å². The van der Waals surface area contributed by atoms with Crippen LogP contribution in [0.1, 0.15) is 6.42 Å². The highest BCUT2D eigenvalue weighted by Crippen LogP contribution is 2.29. The van der Waals surface area contributed by atoms with E-state index in [0.717, 1.165) is 18.6 Å². The average Bonchev–Trinajstić information content (AvgIpc) is 2.86. The molecular weight excluding hydrogens is 346 g/mol. The van der Waals surface area contributed by atoms with Gasteiger partial charge in [0.05, 0.1) is 16.1 Å². The first-order chi connectivity index (χ1) is 10.5. The van der Waals surface area contributed by atoms with E-state index in [-0.39, 0.29) is 28.9 Å². The number of hydrogen-bond donors (Lipinski definition) is 1. The fourth-order valence-corrected chi connectivity index (χ4v) is 3.91. The van der Waals surface area contributed by atoms with Gasteiger partial charge in [-0.05, 0) is 18.6 Å². The van der Waals surface area contributed by atoms with Gasteiger partial charge in [-0.3, -0.25) is 10.1 Å². The Labute approximate surface area is 134 Å². The molecule has 128 valence electrons. The van der Waals surface area contributed by atoms with Crippen molar-refractivity contribution in [2.45, 2.75) is 17.4 Å². The number of sulfonamides is 1. The van der Waals surface area contributed by atoms with Gasteiger partial charge in [0.25, 0.3) is 5.69 Å². The molecule has 0 radical (unpaired) electrons. The molecule has 2 rings (SSSR count). The Bertz CT molecular complexity index is 834. The molecule has 0 saturated carbocycles. The van der Waals surface area contributed by atoms with E-state index in [4.69, 9.17) is 0 Å². The third kappa shape index (κ3) is 4.18. The summed E-state index contributed by atoms with van der Waals surface area (Å²) in [7, 11) is -6.85. The zero-order valence-electron chi connectivity index (χ0n) is 12.6. The number of nitrogens with one attached hydrogen (secondary N) is 1. The number of nitro benzene ring substituents is 1. The summed E-state index contributed by atoms with van der Waals surface area (Å²) in [4.78, 5) is 10.4. The number of sulfone groups is 1. The molecule has 1 heterocycles. The Morgan fingerprint density at radius 1 is 1.26 bits per heavy atom. The molecule has 1 aliphatic rings. The second-order valence-corrected chi connectivity index (χ2v) is 9.46. The van der Waals surface area contributed by atoms with Crippen LogP contribution >= 0.6 is 0 Å². The van der Waals surface area contributed by atoms with Crippen molar-refractivity contribution in [1.29, 1.82) is 0 Å². The zero-order valence-corrected chi connectivity index (χ0v) is 14.2. The lowest BCUT2D eigenvalue weighted by molar-refractivity contribution is -0.384. The van der Waals surface area contributed by atoms with Crippen molar-refractivity contribution in [3.63, 3.8) is 0 Å². The van der Waals surface area contributed by atoms with Crippen molar-refractivity contribution in [1.82, 2.24) is 4.31 Å². The fourth-order valence-electron chi connectivity index (χ4n) is 2.38. The molecule has 1 N–H and O–H groups in total. The summed E-state index contributed by atoms with van der Waals surface area (Å²) in [6, 6.07) is 3.35. The molecular formula is C12H17N3O6S2. The number of hydrogen-bond acceptors (Lipinski definition) is 7. The number of anilines is 1. The van der Waals surface area contributed by atoms with Gasteiger partial charge in [-0.1, -0.05) is 0 Å². The predicted octanol–water partition coefficient (Wildman–Crippen LogP) is 0.444. The first-order valence-corrected chi connectivity index (χ1v) is 10.4. The van der Waals surface area contributed by atoms with Gasteiger partial charge in [0.15, 0.2) is 9.84 Å². The van der Waals surface area contributed by atoms with Crippen molar-refractivity contribution in [3.8, 4) is 0 Å². The number of rotatable bonds is 5. The number of nitro groups is 1. The molecule has 1 aromatic rings. The lowest BCUT2D eigenvalue weighted by Gasteiger charge is -2.16. The van der Waals surface area contributed by atoms with Crippen LogP contribution in [0.3, 0.4) is 0 Å². The van der Waals surface area contributed by atoms with E-state index in [1.54, 1.807) is 0 Å². The first-order valence-electron chi connectivity index (χ1n) is 6.68. The standard InChI is InChI=1S/C12H17N3O6S2/c1-22(18,19)10-3-4-11(12(7-10)15(16)17)13-9-5-6-14(8-9)23(2,20)21/h3-4,7,9,13H,5-6,8H2,1-2H3/t9-/m0/s1. The van der Waals surface area contributed by atoms with Crippen molar-refractivity contribution >= 4 is 31.2 Å². The smallest absolute Gasteiger partial charge is 0.293 e. The molecule has 0 spiro atoms. The summed E-state index contributed by atoms with van der Waals surface area (Å²) in [6.45, 7) is 0.551. The second kappa shape index (κ2) is 6.06. The summed E-state index contributed by atoms with van der Waals surface area (Å²) in [5.74, 6) is 0. The molecule has 0 aromatic heterocycles. The molecule has 0 bridgehead atoms. The summed E-state index contributed by atoms with van der Waals surface area (Å²) in [5.41, 5.74) is -0.187. The Kier molecular flexibility index (Phi) is 4.64. The quantitative estimate of drug-likeness (QED) is 0.594. The van der Waals surface area contributed by atoms with Gasteiger partial charge in [0, 0.05) is 31.5 Å². The van der Waals surface area contributed by atoms with E-state index in [1.807, 2.05) is 0 Å². The minimum absolute atomic E-state index is 0.140. The van der Waals surface area contributed by atoms with Crippen LogP contribution in [0.5, 0.6) is 0 Å². The van der Waals surface area contributed by atoms with Gasteiger partial charge in [-0.2, -0.15) is 0 Å². The maximum atomic E-state index is 11.5. The average molecular weight is 363 g/mol. The van der Waals surface area contributed by atoms with E-state index in [2.05, 4.69) is 5.32 Å². The van der Waals surface area contributed by atoms with Crippen molar-refractivity contribution in [3.05, 3.63) is 28.3 Å². The molecule has 1 saturated heterocycles. The Morgan fingerprint density at radius 3 is 2.39 bits per heavy atom. The van der Waals surface area contributed by atoms with Gasteiger partial charge >= 0.3 is 0 Å². The molecule has 1 fully saturated rings.